The zero-order valence-electron chi connectivity index (χ0n) is 12.7. The topological polar surface area (TPSA) is 80.7 Å². The molecular weight excluding hydrogens is 316 g/mol. The molecule has 6 heteroatoms. The van der Waals surface area contributed by atoms with Crippen LogP contribution in [0.25, 0.3) is 6.08 Å². The summed E-state index contributed by atoms with van der Waals surface area (Å²) in [6.07, 6.45) is 4.84. The molecule has 5 nitrogen and oxygen atoms in total. The van der Waals surface area contributed by atoms with Crippen molar-refractivity contribution in [3.8, 4) is 11.5 Å². The molecule has 1 N–H and O–H groups in total. The maximum absolute atomic E-state index is 11.9. The second-order valence-electron chi connectivity index (χ2n) is 4.91. The largest absolute Gasteiger partial charge is 0.478 e. The summed E-state index contributed by atoms with van der Waals surface area (Å²) in [5.74, 6) is -0.639. The first-order valence-electron chi connectivity index (χ1n) is 6.79. The Balaban J connectivity index is 2.41. The summed E-state index contributed by atoms with van der Waals surface area (Å²) < 4.78 is 29.4. The van der Waals surface area contributed by atoms with Gasteiger partial charge in [0.1, 0.15) is 16.4 Å². The van der Waals surface area contributed by atoms with Gasteiger partial charge in [-0.05, 0) is 42.8 Å². The Bertz CT molecular complexity index is 849. The van der Waals surface area contributed by atoms with Crippen LogP contribution in [0.15, 0.2) is 53.4 Å². The van der Waals surface area contributed by atoms with Gasteiger partial charge in [0, 0.05) is 6.26 Å². The van der Waals surface area contributed by atoms with E-state index in [1.165, 1.54) is 12.1 Å². The lowest BCUT2D eigenvalue weighted by Gasteiger charge is -2.11. The van der Waals surface area contributed by atoms with Gasteiger partial charge in [0.15, 0.2) is 9.84 Å². The molecule has 0 fully saturated rings. The quantitative estimate of drug-likeness (QED) is 0.904. The molecule has 0 bridgehead atoms. The molecule has 0 aromatic heterocycles. The van der Waals surface area contributed by atoms with E-state index in [-0.39, 0.29) is 16.2 Å². The van der Waals surface area contributed by atoms with Crippen molar-refractivity contribution in [3.63, 3.8) is 0 Å². The van der Waals surface area contributed by atoms with Gasteiger partial charge in [-0.3, -0.25) is 0 Å². The Hall–Kier alpha value is -2.60. The van der Waals surface area contributed by atoms with Crippen LogP contribution >= 0.6 is 0 Å². The third-order valence-electron chi connectivity index (χ3n) is 3.06. The van der Waals surface area contributed by atoms with Crippen LogP contribution in [-0.4, -0.2) is 25.7 Å². The smallest absolute Gasteiger partial charge is 0.335 e. The monoisotopic (exact) mass is 332 g/mol. The van der Waals surface area contributed by atoms with Crippen LogP contribution < -0.4 is 4.74 Å². The SMILES string of the molecule is CC=Cc1ccc(Oc2ccc(C(=O)O)cc2S(C)(=O)=O)cc1. The minimum Gasteiger partial charge on any atom is -0.478 e. The highest BCUT2D eigenvalue weighted by Crippen LogP contribution is 2.30. The molecule has 0 spiro atoms. The second kappa shape index (κ2) is 6.66. The zero-order valence-corrected chi connectivity index (χ0v) is 13.5. The van der Waals surface area contributed by atoms with E-state index in [1.807, 2.05) is 31.2 Å². The van der Waals surface area contributed by atoms with Gasteiger partial charge < -0.3 is 9.84 Å². The molecule has 0 amide bonds. The van der Waals surface area contributed by atoms with E-state index in [4.69, 9.17) is 9.84 Å². The second-order valence-corrected chi connectivity index (χ2v) is 6.89. The van der Waals surface area contributed by atoms with Gasteiger partial charge in [-0.15, -0.1) is 0 Å². The van der Waals surface area contributed by atoms with Crippen LogP contribution in [0.2, 0.25) is 0 Å². The van der Waals surface area contributed by atoms with E-state index >= 15 is 0 Å². The molecule has 0 aliphatic carbocycles. The summed E-state index contributed by atoms with van der Waals surface area (Å²) in [5.41, 5.74) is 0.880. The van der Waals surface area contributed by atoms with Crippen LogP contribution in [-0.2, 0) is 9.84 Å². The van der Waals surface area contributed by atoms with Gasteiger partial charge in [0.2, 0.25) is 0 Å². The molecule has 23 heavy (non-hydrogen) atoms. The highest BCUT2D eigenvalue weighted by atomic mass is 32.2. The summed E-state index contributed by atoms with van der Waals surface area (Å²) in [4.78, 5) is 10.8. The molecule has 0 saturated heterocycles. The molecule has 2 aromatic carbocycles. The van der Waals surface area contributed by atoms with Crippen molar-refractivity contribution < 1.29 is 23.1 Å². The molecule has 0 aliphatic heterocycles. The number of hydrogen-bond donors (Lipinski definition) is 1. The van der Waals surface area contributed by atoms with Crippen LogP contribution in [0, 0.1) is 0 Å². The average molecular weight is 332 g/mol. The van der Waals surface area contributed by atoms with Crippen LogP contribution in [0.1, 0.15) is 22.8 Å². The summed E-state index contributed by atoms with van der Waals surface area (Å²) in [5, 5.41) is 8.99. The van der Waals surface area contributed by atoms with Crippen molar-refractivity contribution in [3.05, 3.63) is 59.7 Å². The standard InChI is InChI=1S/C17H16O5S/c1-3-4-12-5-8-14(9-6-12)22-15-10-7-13(17(18)19)11-16(15)23(2,20)21/h3-11H,1-2H3,(H,18,19). The van der Waals surface area contributed by atoms with Crippen LogP contribution in [0.3, 0.4) is 0 Å². The molecule has 0 heterocycles. The number of carboxylic acids is 1. The van der Waals surface area contributed by atoms with E-state index in [2.05, 4.69) is 0 Å². The van der Waals surface area contributed by atoms with E-state index < -0.39 is 15.8 Å². The van der Waals surface area contributed by atoms with E-state index in [0.29, 0.717) is 5.75 Å². The maximum atomic E-state index is 11.9. The Morgan fingerprint density at radius 2 is 1.78 bits per heavy atom. The van der Waals surface area contributed by atoms with Crippen molar-refractivity contribution in [1.29, 1.82) is 0 Å². The lowest BCUT2D eigenvalue weighted by Crippen LogP contribution is -2.04. The molecule has 120 valence electrons. The zero-order chi connectivity index (χ0) is 17.0. The number of carboxylic acid groups (broad SMARTS) is 1. The Kier molecular flexibility index (Phi) is 4.86. The first-order valence-corrected chi connectivity index (χ1v) is 8.68. The van der Waals surface area contributed by atoms with Gasteiger partial charge in [0.05, 0.1) is 5.56 Å². The molecule has 2 aromatic rings. The molecular formula is C17H16O5S. The number of allylic oxidation sites excluding steroid dienone is 1. The summed E-state index contributed by atoms with van der Waals surface area (Å²) in [6.45, 7) is 1.91. The minimum atomic E-state index is -3.63. The van der Waals surface area contributed by atoms with Gasteiger partial charge in [-0.25, -0.2) is 13.2 Å². The van der Waals surface area contributed by atoms with Gasteiger partial charge in [-0.2, -0.15) is 0 Å². The minimum absolute atomic E-state index is 0.0938. The van der Waals surface area contributed by atoms with Gasteiger partial charge in [-0.1, -0.05) is 24.3 Å². The van der Waals surface area contributed by atoms with E-state index in [9.17, 15) is 13.2 Å². The van der Waals surface area contributed by atoms with Crippen molar-refractivity contribution in [1.82, 2.24) is 0 Å². The van der Waals surface area contributed by atoms with Crippen molar-refractivity contribution in [2.75, 3.05) is 6.26 Å². The number of hydrogen-bond acceptors (Lipinski definition) is 4. The fraction of sp³-hybridized carbons (Fsp3) is 0.118. The molecule has 0 radical (unpaired) electrons. The fourth-order valence-electron chi connectivity index (χ4n) is 1.98. The highest BCUT2D eigenvalue weighted by Gasteiger charge is 2.18. The van der Waals surface area contributed by atoms with Crippen molar-refractivity contribution in [2.45, 2.75) is 11.8 Å². The summed E-state index contributed by atoms with van der Waals surface area (Å²) in [7, 11) is -3.63. The number of carbonyl (C=O) groups is 1. The fourth-order valence-corrected chi connectivity index (χ4v) is 2.80. The number of aromatic carboxylic acids is 1. The molecule has 0 saturated carbocycles. The normalized spacial score (nSPS) is 11.6. The predicted molar refractivity (Wildman–Crippen MR) is 87.7 cm³/mol. The molecule has 2 rings (SSSR count). The molecule has 0 atom stereocenters. The third-order valence-corrected chi connectivity index (χ3v) is 4.18. The Morgan fingerprint density at radius 3 is 2.30 bits per heavy atom. The first-order chi connectivity index (χ1) is 10.8. The third kappa shape index (κ3) is 4.20. The van der Waals surface area contributed by atoms with Crippen molar-refractivity contribution in [2.24, 2.45) is 0 Å². The Morgan fingerprint density at radius 1 is 1.13 bits per heavy atom. The highest BCUT2D eigenvalue weighted by molar-refractivity contribution is 7.90. The number of ether oxygens (including phenoxy) is 1. The van der Waals surface area contributed by atoms with Crippen LogP contribution in [0.5, 0.6) is 11.5 Å². The van der Waals surface area contributed by atoms with E-state index in [1.54, 1.807) is 12.1 Å². The van der Waals surface area contributed by atoms with Crippen LogP contribution in [0.4, 0.5) is 0 Å². The lowest BCUT2D eigenvalue weighted by molar-refractivity contribution is 0.0696. The van der Waals surface area contributed by atoms with Gasteiger partial charge in [0.25, 0.3) is 0 Å². The number of rotatable bonds is 5. The lowest BCUT2D eigenvalue weighted by atomic mass is 10.2. The number of benzene rings is 2. The molecule has 0 unspecified atom stereocenters. The predicted octanol–water partition coefficient (Wildman–Crippen LogP) is 3.61. The van der Waals surface area contributed by atoms with E-state index in [0.717, 1.165) is 17.9 Å². The summed E-state index contributed by atoms with van der Waals surface area (Å²) >= 11 is 0. The van der Waals surface area contributed by atoms with Gasteiger partial charge >= 0.3 is 5.97 Å². The summed E-state index contributed by atoms with van der Waals surface area (Å²) in [6, 6.07) is 10.8. The van der Waals surface area contributed by atoms with Crippen molar-refractivity contribution >= 4 is 21.9 Å². The maximum Gasteiger partial charge on any atom is 0.335 e. The molecule has 0 aliphatic rings. The average Bonchev–Trinajstić information content (AvgIpc) is 2.48. The first kappa shape index (κ1) is 16.8. The number of sulfone groups is 1. The Labute approximate surface area is 134 Å².